The molecule has 2 aromatic carbocycles. The maximum Gasteiger partial charge on any atom is 0.387 e. The van der Waals surface area contributed by atoms with Crippen LogP contribution in [0.2, 0.25) is 0 Å². The Morgan fingerprint density at radius 3 is 2.13 bits per heavy atom. The summed E-state index contributed by atoms with van der Waals surface area (Å²) in [5.74, 6) is -5.54. The monoisotopic (exact) mass is 464 g/mol. The lowest BCUT2D eigenvalue weighted by Crippen LogP contribution is -2.51. The van der Waals surface area contributed by atoms with E-state index < -0.39 is 39.0 Å². The minimum atomic E-state index is -4.42. The topological polar surface area (TPSA) is 66.9 Å². The Balaban J connectivity index is 1.61. The smallest absolute Gasteiger partial charge is 0.387 e. The minimum absolute atomic E-state index is 0.00986. The number of alkyl halides is 2. The average Bonchev–Trinajstić information content (AvgIpc) is 2.73. The van der Waals surface area contributed by atoms with Crippen LogP contribution in [0.4, 0.5) is 22.0 Å². The van der Waals surface area contributed by atoms with E-state index in [2.05, 4.69) is 4.74 Å². The van der Waals surface area contributed by atoms with Gasteiger partial charge in [0.2, 0.25) is 15.9 Å². The highest BCUT2D eigenvalue weighted by Crippen LogP contribution is 2.24. The van der Waals surface area contributed by atoms with Gasteiger partial charge in [0.05, 0.1) is 6.42 Å². The summed E-state index contributed by atoms with van der Waals surface area (Å²) in [4.78, 5) is 12.9. The van der Waals surface area contributed by atoms with E-state index in [4.69, 9.17) is 0 Å². The first kappa shape index (κ1) is 22.9. The lowest BCUT2D eigenvalue weighted by Gasteiger charge is -2.34. The van der Waals surface area contributed by atoms with Crippen LogP contribution in [0.3, 0.4) is 0 Å². The zero-order valence-corrected chi connectivity index (χ0v) is 16.7. The molecule has 1 aliphatic heterocycles. The molecule has 0 radical (unpaired) electrons. The van der Waals surface area contributed by atoms with Gasteiger partial charge in [0.25, 0.3) is 0 Å². The normalized spacial score (nSPS) is 15.4. The third kappa shape index (κ3) is 5.13. The van der Waals surface area contributed by atoms with Crippen molar-refractivity contribution in [3.05, 3.63) is 59.4 Å². The number of piperazine rings is 1. The lowest BCUT2D eigenvalue weighted by molar-refractivity contribution is -0.131. The van der Waals surface area contributed by atoms with E-state index in [9.17, 15) is 35.2 Å². The predicted octanol–water partition coefficient (Wildman–Crippen LogP) is 2.78. The van der Waals surface area contributed by atoms with Crippen LogP contribution in [-0.2, 0) is 21.2 Å². The van der Waals surface area contributed by atoms with E-state index in [1.54, 1.807) is 0 Å². The van der Waals surface area contributed by atoms with Crippen LogP contribution in [0, 0.1) is 17.5 Å². The van der Waals surface area contributed by atoms with Crippen molar-refractivity contribution in [2.45, 2.75) is 17.9 Å². The van der Waals surface area contributed by atoms with Crippen molar-refractivity contribution in [1.29, 1.82) is 0 Å². The highest BCUT2D eigenvalue weighted by atomic mass is 32.2. The van der Waals surface area contributed by atoms with Crippen LogP contribution < -0.4 is 4.74 Å². The molecule has 1 heterocycles. The van der Waals surface area contributed by atoms with Crippen molar-refractivity contribution >= 4 is 15.9 Å². The van der Waals surface area contributed by atoms with Crippen LogP contribution in [0.25, 0.3) is 0 Å². The van der Waals surface area contributed by atoms with Gasteiger partial charge in [-0.3, -0.25) is 4.79 Å². The van der Waals surface area contributed by atoms with Gasteiger partial charge in [-0.15, -0.1) is 0 Å². The molecule has 0 N–H and O–H groups in total. The zero-order valence-electron chi connectivity index (χ0n) is 15.9. The maximum atomic E-state index is 13.9. The fraction of sp³-hybridized carbons (Fsp3) is 0.316. The number of nitrogens with zero attached hydrogens (tertiary/aromatic N) is 2. The average molecular weight is 464 g/mol. The number of rotatable bonds is 6. The molecule has 0 saturated carbocycles. The second-order valence-corrected chi connectivity index (χ2v) is 8.56. The molecule has 2 aromatic rings. The van der Waals surface area contributed by atoms with E-state index in [-0.39, 0.29) is 44.3 Å². The molecule has 0 spiro atoms. The summed E-state index contributed by atoms with van der Waals surface area (Å²) in [6, 6.07) is 6.71. The molecular formula is C19H17F5N2O4S. The number of benzene rings is 2. The summed E-state index contributed by atoms with van der Waals surface area (Å²) in [5.41, 5.74) is 0.547. The highest BCUT2D eigenvalue weighted by Gasteiger charge is 2.33. The van der Waals surface area contributed by atoms with Crippen molar-refractivity contribution in [2.24, 2.45) is 0 Å². The molecule has 0 atom stereocenters. The first-order chi connectivity index (χ1) is 14.6. The number of hydrogen-bond donors (Lipinski definition) is 0. The van der Waals surface area contributed by atoms with Crippen LogP contribution in [0.5, 0.6) is 5.75 Å². The van der Waals surface area contributed by atoms with Gasteiger partial charge in [0, 0.05) is 26.2 Å². The van der Waals surface area contributed by atoms with Crippen LogP contribution in [0.1, 0.15) is 5.56 Å². The van der Waals surface area contributed by atoms with E-state index in [0.29, 0.717) is 17.7 Å². The molecule has 0 aromatic heterocycles. The maximum absolute atomic E-state index is 13.9. The SMILES string of the molecule is O=C(Cc1ccc(OC(F)F)cc1)N1CCN(S(=O)(=O)c2ccc(F)c(F)c2F)CC1. The van der Waals surface area contributed by atoms with E-state index in [1.807, 2.05) is 0 Å². The van der Waals surface area contributed by atoms with Gasteiger partial charge in [0.1, 0.15) is 10.6 Å². The van der Waals surface area contributed by atoms with Gasteiger partial charge >= 0.3 is 6.61 Å². The summed E-state index contributed by atoms with van der Waals surface area (Å²) in [7, 11) is -4.42. The quantitative estimate of drug-likeness (QED) is 0.487. The summed E-state index contributed by atoms with van der Waals surface area (Å²) >= 11 is 0. The third-order valence-corrected chi connectivity index (χ3v) is 6.63. The molecule has 6 nitrogen and oxygen atoms in total. The van der Waals surface area contributed by atoms with Gasteiger partial charge in [-0.1, -0.05) is 12.1 Å². The van der Waals surface area contributed by atoms with E-state index in [0.717, 1.165) is 4.31 Å². The second-order valence-electron chi connectivity index (χ2n) is 6.66. The summed E-state index contributed by atoms with van der Waals surface area (Å²) < 4.78 is 95.0. The summed E-state index contributed by atoms with van der Waals surface area (Å²) in [6.45, 7) is -3.26. The Bertz CT molecular complexity index is 1060. The Labute approximate surface area is 174 Å². The van der Waals surface area contributed by atoms with E-state index >= 15 is 0 Å². The molecule has 0 bridgehead atoms. The molecule has 1 fully saturated rings. The molecule has 168 valence electrons. The second kappa shape index (κ2) is 9.18. The molecule has 0 unspecified atom stereocenters. The number of halogens is 5. The van der Waals surface area contributed by atoms with E-state index in [1.165, 1.54) is 29.2 Å². The first-order valence-corrected chi connectivity index (χ1v) is 10.5. The number of ether oxygens (including phenoxy) is 1. The fourth-order valence-electron chi connectivity index (χ4n) is 3.10. The molecule has 12 heteroatoms. The Kier molecular flexibility index (Phi) is 6.80. The molecule has 1 saturated heterocycles. The van der Waals surface area contributed by atoms with Crippen molar-refractivity contribution in [2.75, 3.05) is 26.2 Å². The number of carbonyl (C=O) groups excluding carboxylic acids is 1. The molecule has 1 aliphatic rings. The van der Waals surface area contributed by atoms with Gasteiger partial charge in [-0.05, 0) is 29.8 Å². The number of amides is 1. The molecular weight excluding hydrogens is 447 g/mol. The first-order valence-electron chi connectivity index (χ1n) is 9.05. The molecule has 0 aliphatic carbocycles. The van der Waals surface area contributed by atoms with Gasteiger partial charge < -0.3 is 9.64 Å². The summed E-state index contributed by atoms with van der Waals surface area (Å²) in [6.07, 6.45) is -0.0422. The zero-order chi connectivity index (χ0) is 22.8. The Hall–Kier alpha value is -2.73. The number of carbonyl (C=O) groups is 1. The number of hydrogen-bond acceptors (Lipinski definition) is 4. The molecule has 3 rings (SSSR count). The predicted molar refractivity (Wildman–Crippen MR) is 98.4 cm³/mol. The van der Waals surface area contributed by atoms with Gasteiger partial charge in [0.15, 0.2) is 17.5 Å². The third-order valence-electron chi connectivity index (χ3n) is 4.71. The van der Waals surface area contributed by atoms with Crippen LogP contribution in [0.15, 0.2) is 41.3 Å². The minimum Gasteiger partial charge on any atom is -0.435 e. The summed E-state index contributed by atoms with van der Waals surface area (Å²) in [5, 5.41) is 0. The van der Waals surface area contributed by atoms with Gasteiger partial charge in [-0.25, -0.2) is 21.6 Å². The largest absolute Gasteiger partial charge is 0.435 e. The van der Waals surface area contributed by atoms with Crippen LogP contribution in [-0.4, -0.2) is 56.3 Å². The lowest BCUT2D eigenvalue weighted by atomic mass is 10.1. The molecule has 31 heavy (non-hydrogen) atoms. The van der Waals surface area contributed by atoms with Crippen molar-refractivity contribution in [1.82, 2.24) is 9.21 Å². The molecule has 1 amide bonds. The van der Waals surface area contributed by atoms with Gasteiger partial charge in [-0.2, -0.15) is 13.1 Å². The van der Waals surface area contributed by atoms with Crippen LogP contribution >= 0.6 is 0 Å². The van der Waals surface area contributed by atoms with Crippen molar-refractivity contribution in [3.8, 4) is 5.75 Å². The Morgan fingerprint density at radius 2 is 1.55 bits per heavy atom. The Morgan fingerprint density at radius 1 is 0.935 bits per heavy atom. The number of sulfonamides is 1. The highest BCUT2D eigenvalue weighted by molar-refractivity contribution is 7.89. The standard InChI is InChI=1S/C19H17F5N2O4S/c20-14-5-6-15(18(22)17(14)21)31(28,29)26-9-7-25(8-10-26)16(27)11-12-1-3-13(4-2-12)30-19(23)24/h1-6,19H,7-11H2. The van der Waals surface area contributed by atoms with Crippen molar-refractivity contribution in [3.63, 3.8) is 0 Å². The fourth-order valence-corrected chi connectivity index (χ4v) is 4.58. The van der Waals surface area contributed by atoms with Crippen molar-refractivity contribution < 1.29 is 39.9 Å².